The van der Waals surface area contributed by atoms with Crippen molar-refractivity contribution in [3.63, 3.8) is 0 Å². The van der Waals surface area contributed by atoms with Crippen LogP contribution in [0.25, 0.3) is 0 Å². The van der Waals surface area contributed by atoms with E-state index < -0.39 is 0 Å². The molecule has 0 N–H and O–H groups in total. The van der Waals surface area contributed by atoms with Crippen molar-refractivity contribution < 1.29 is 23.9 Å². The van der Waals surface area contributed by atoms with Gasteiger partial charge in [-0.05, 0) is 37.5 Å². The van der Waals surface area contributed by atoms with E-state index in [9.17, 15) is 14.4 Å². The van der Waals surface area contributed by atoms with Gasteiger partial charge in [0, 0.05) is 19.3 Å². The molecule has 5 heteroatoms. The van der Waals surface area contributed by atoms with E-state index in [2.05, 4.69) is 27.7 Å². The fourth-order valence-electron chi connectivity index (χ4n) is 3.07. The Kier molecular flexibility index (Phi) is 26.5. The maximum Gasteiger partial charge on any atom is 0.305 e. The molecule has 0 aromatic rings. The number of carbonyl (C=O) groups is 3. The van der Waals surface area contributed by atoms with E-state index in [-0.39, 0.29) is 11.9 Å². The van der Waals surface area contributed by atoms with Crippen LogP contribution in [0.4, 0.5) is 0 Å². The van der Waals surface area contributed by atoms with E-state index in [1.54, 1.807) is 0 Å². The molecule has 0 rings (SSSR count). The summed E-state index contributed by atoms with van der Waals surface area (Å²) >= 11 is 0. The Morgan fingerprint density at radius 1 is 0.625 bits per heavy atom. The first-order valence-electron chi connectivity index (χ1n) is 13.1. The molecule has 0 bridgehead atoms. The van der Waals surface area contributed by atoms with E-state index >= 15 is 0 Å². The third kappa shape index (κ3) is 30.8. The third-order valence-corrected chi connectivity index (χ3v) is 5.06. The third-order valence-electron chi connectivity index (χ3n) is 5.06. The molecule has 0 unspecified atom stereocenters. The quantitative estimate of drug-likeness (QED) is 0.108. The molecule has 0 spiro atoms. The van der Waals surface area contributed by atoms with Gasteiger partial charge in [0.2, 0.25) is 0 Å². The highest BCUT2D eigenvalue weighted by atomic mass is 16.5. The van der Waals surface area contributed by atoms with Crippen LogP contribution in [0.1, 0.15) is 131 Å². The zero-order valence-electron chi connectivity index (χ0n) is 21.8. The summed E-state index contributed by atoms with van der Waals surface area (Å²) in [6.07, 6.45) is 15.4. The largest absolute Gasteiger partial charge is 0.466 e. The highest BCUT2D eigenvalue weighted by molar-refractivity contribution is 5.70. The molecule has 0 atom stereocenters. The molecule has 0 radical (unpaired) electrons. The summed E-state index contributed by atoms with van der Waals surface area (Å²) in [6.45, 7) is 11.9. The second kappa shape index (κ2) is 25.9. The van der Waals surface area contributed by atoms with Crippen LogP contribution in [0, 0.1) is 11.8 Å². The zero-order chi connectivity index (χ0) is 24.5. The van der Waals surface area contributed by atoms with E-state index in [0.717, 1.165) is 43.8 Å². The molecule has 0 fully saturated rings. The number of aldehydes is 1. The average Bonchev–Trinajstić information content (AvgIpc) is 2.75. The van der Waals surface area contributed by atoms with E-state index in [4.69, 9.17) is 9.47 Å². The predicted octanol–water partition coefficient (Wildman–Crippen LogP) is 7.44. The van der Waals surface area contributed by atoms with Gasteiger partial charge in [0.15, 0.2) is 0 Å². The van der Waals surface area contributed by atoms with Gasteiger partial charge in [-0.2, -0.15) is 0 Å². The summed E-state index contributed by atoms with van der Waals surface area (Å²) in [7, 11) is 0. The van der Waals surface area contributed by atoms with Gasteiger partial charge in [-0.25, -0.2) is 0 Å². The minimum absolute atomic E-state index is 0.142. The summed E-state index contributed by atoms with van der Waals surface area (Å²) in [5.74, 6) is 1.26. The molecule has 0 amide bonds. The molecule has 5 nitrogen and oxygen atoms in total. The van der Waals surface area contributed by atoms with Crippen molar-refractivity contribution in [1.29, 1.82) is 0 Å². The van der Waals surface area contributed by atoms with E-state index in [0.29, 0.717) is 45.3 Å². The van der Waals surface area contributed by atoms with Gasteiger partial charge < -0.3 is 14.3 Å². The van der Waals surface area contributed by atoms with Crippen LogP contribution in [0.5, 0.6) is 0 Å². The molecular formula is C27H52O5. The number of ether oxygens (including phenoxy) is 2. The molecule has 0 saturated carbocycles. The minimum Gasteiger partial charge on any atom is -0.466 e. The smallest absolute Gasteiger partial charge is 0.305 e. The molecule has 0 aromatic carbocycles. The summed E-state index contributed by atoms with van der Waals surface area (Å²) in [5, 5.41) is 0. The summed E-state index contributed by atoms with van der Waals surface area (Å²) in [6, 6.07) is 0. The van der Waals surface area contributed by atoms with Crippen LogP contribution in [0.3, 0.4) is 0 Å². The topological polar surface area (TPSA) is 69.7 Å². The number of rotatable bonds is 20. The fraction of sp³-hybridized carbons (Fsp3) is 0.889. The van der Waals surface area contributed by atoms with Crippen LogP contribution in [-0.4, -0.2) is 31.4 Å². The monoisotopic (exact) mass is 456 g/mol. The van der Waals surface area contributed by atoms with Crippen molar-refractivity contribution in [2.75, 3.05) is 13.2 Å². The van der Waals surface area contributed by atoms with Crippen molar-refractivity contribution in [2.24, 2.45) is 11.8 Å². The van der Waals surface area contributed by atoms with Crippen LogP contribution in [0.2, 0.25) is 0 Å². The highest BCUT2D eigenvalue weighted by Gasteiger charge is 2.06. The molecule has 32 heavy (non-hydrogen) atoms. The van der Waals surface area contributed by atoms with Crippen molar-refractivity contribution in [3.05, 3.63) is 0 Å². The second-order valence-corrected chi connectivity index (χ2v) is 9.42. The average molecular weight is 457 g/mol. The molecule has 190 valence electrons. The Morgan fingerprint density at radius 2 is 0.969 bits per heavy atom. The second-order valence-electron chi connectivity index (χ2n) is 9.42. The molecule has 0 aromatic heterocycles. The number of esters is 2. The zero-order valence-corrected chi connectivity index (χ0v) is 21.8. The lowest BCUT2D eigenvalue weighted by Crippen LogP contribution is -2.08. The van der Waals surface area contributed by atoms with Crippen LogP contribution >= 0.6 is 0 Å². The Labute approximate surface area is 198 Å². The Balaban J connectivity index is 0. The minimum atomic E-state index is -0.142. The van der Waals surface area contributed by atoms with Crippen molar-refractivity contribution in [3.8, 4) is 0 Å². The summed E-state index contributed by atoms with van der Waals surface area (Å²) < 4.78 is 10.5. The molecule has 0 saturated heterocycles. The van der Waals surface area contributed by atoms with Crippen LogP contribution in [0.15, 0.2) is 0 Å². The van der Waals surface area contributed by atoms with Gasteiger partial charge >= 0.3 is 11.9 Å². The molecule has 0 aliphatic carbocycles. The predicted molar refractivity (Wildman–Crippen MR) is 133 cm³/mol. The van der Waals surface area contributed by atoms with Gasteiger partial charge in [0.25, 0.3) is 0 Å². The standard InChI is InChI=1S/C24H46O4.C3H6O/c1-21(2)15-9-5-7-13-19-27-23(25)17-11-12-18-24(26)28-20-14-8-6-10-16-22(3)4;1-2-3-4/h21-22H,5-20H2,1-4H3;3H,2H2,1H3. The first-order valence-corrected chi connectivity index (χ1v) is 13.1. The van der Waals surface area contributed by atoms with Gasteiger partial charge in [0.05, 0.1) is 13.2 Å². The fourth-order valence-corrected chi connectivity index (χ4v) is 3.07. The molecule has 0 heterocycles. The number of carbonyl (C=O) groups excluding carboxylic acids is 3. The Hall–Kier alpha value is -1.39. The van der Waals surface area contributed by atoms with Crippen LogP contribution in [-0.2, 0) is 23.9 Å². The van der Waals surface area contributed by atoms with Gasteiger partial charge in [-0.3, -0.25) is 9.59 Å². The number of hydrogen-bond acceptors (Lipinski definition) is 5. The lowest BCUT2D eigenvalue weighted by molar-refractivity contribution is -0.146. The first kappa shape index (κ1) is 32.8. The van der Waals surface area contributed by atoms with Gasteiger partial charge in [-0.1, -0.05) is 86.0 Å². The lowest BCUT2D eigenvalue weighted by atomic mass is 10.0. The van der Waals surface area contributed by atoms with Crippen LogP contribution < -0.4 is 0 Å². The Morgan fingerprint density at radius 3 is 1.28 bits per heavy atom. The van der Waals surface area contributed by atoms with E-state index in [1.807, 2.05) is 6.92 Å². The number of unbranched alkanes of at least 4 members (excludes halogenated alkanes) is 7. The summed E-state index contributed by atoms with van der Waals surface area (Å²) in [4.78, 5) is 32.5. The highest BCUT2D eigenvalue weighted by Crippen LogP contribution is 2.11. The van der Waals surface area contributed by atoms with Crippen molar-refractivity contribution in [2.45, 2.75) is 131 Å². The maximum absolute atomic E-state index is 11.7. The first-order chi connectivity index (χ1) is 15.3. The number of hydrogen-bond donors (Lipinski definition) is 0. The molecule has 0 aliphatic heterocycles. The van der Waals surface area contributed by atoms with Gasteiger partial charge in [0.1, 0.15) is 6.29 Å². The maximum atomic E-state index is 11.7. The SMILES string of the molecule is CC(C)CCCCCCOC(=O)CCCCC(=O)OCCCCCCC(C)C.CCC=O. The lowest BCUT2D eigenvalue weighted by Gasteiger charge is -2.07. The normalized spacial score (nSPS) is 10.6. The van der Waals surface area contributed by atoms with Crippen molar-refractivity contribution >= 4 is 18.2 Å². The molecule has 0 aliphatic rings. The van der Waals surface area contributed by atoms with E-state index in [1.165, 1.54) is 38.5 Å². The summed E-state index contributed by atoms with van der Waals surface area (Å²) in [5.41, 5.74) is 0. The molecular weight excluding hydrogens is 404 g/mol. The van der Waals surface area contributed by atoms with Crippen molar-refractivity contribution in [1.82, 2.24) is 0 Å². The Bertz CT molecular complexity index is 396. The van der Waals surface area contributed by atoms with Gasteiger partial charge in [-0.15, -0.1) is 0 Å².